The van der Waals surface area contributed by atoms with Gasteiger partial charge < -0.3 is 15.5 Å². The van der Waals surface area contributed by atoms with Crippen LogP contribution in [0.1, 0.15) is 10.4 Å². The maximum absolute atomic E-state index is 12.2. The standard InChI is InChI=1S/C18H14N2O3/c21-16-7-5-13(6-8-16)12-1-3-14(4-2-12)18(23)20-15-9-17(22)11-19-10-15/h1-11,21-22H,(H,20,23). The highest BCUT2D eigenvalue weighted by molar-refractivity contribution is 6.04. The first-order valence-corrected chi connectivity index (χ1v) is 6.97. The first kappa shape index (κ1) is 14.6. The Labute approximate surface area is 132 Å². The number of rotatable bonds is 3. The van der Waals surface area contributed by atoms with E-state index in [0.717, 1.165) is 11.1 Å². The summed E-state index contributed by atoms with van der Waals surface area (Å²) < 4.78 is 0. The summed E-state index contributed by atoms with van der Waals surface area (Å²) in [5.41, 5.74) is 2.82. The van der Waals surface area contributed by atoms with E-state index < -0.39 is 0 Å². The molecule has 0 spiro atoms. The van der Waals surface area contributed by atoms with Crippen LogP contribution in [-0.4, -0.2) is 21.1 Å². The Bertz CT molecular complexity index is 828. The first-order chi connectivity index (χ1) is 11.1. The number of phenolic OH excluding ortho intramolecular Hbond substituents is 1. The van der Waals surface area contributed by atoms with Gasteiger partial charge >= 0.3 is 0 Å². The molecular weight excluding hydrogens is 292 g/mol. The number of nitrogens with zero attached hydrogens (tertiary/aromatic N) is 1. The number of benzene rings is 2. The third kappa shape index (κ3) is 3.47. The highest BCUT2D eigenvalue weighted by Gasteiger charge is 2.07. The number of aromatic hydroxyl groups is 2. The molecule has 0 aliphatic rings. The fourth-order valence-electron chi connectivity index (χ4n) is 2.17. The third-order valence-corrected chi connectivity index (χ3v) is 3.33. The van der Waals surface area contributed by atoms with Crippen molar-refractivity contribution in [1.29, 1.82) is 0 Å². The van der Waals surface area contributed by atoms with Gasteiger partial charge in [-0.25, -0.2) is 0 Å². The van der Waals surface area contributed by atoms with E-state index in [0.29, 0.717) is 11.3 Å². The lowest BCUT2D eigenvalue weighted by Gasteiger charge is -2.07. The topological polar surface area (TPSA) is 82.5 Å². The van der Waals surface area contributed by atoms with Crippen LogP contribution < -0.4 is 5.32 Å². The highest BCUT2D eigenvalue weighted by atomic mass is 16.3. The molecule has 1 aromatic heterocycles. The van der Waals surface area contributed by atoms with Gasteiger partial charge in [0.05, 0.1) is 18.1 Å². The third-order valence-electron chi connectivity index (χ3n) is 3.33. The maximum Gasteiger partial charge on any atom is 0.255 e. The maximum atomic E-state index is 12.2. The van der Waals surface area contributed by atoms with Gasteiger partial charge in [-0.2, -0.15) is 0 Å². The van der Waals surface area contributed by atoms with Crippen LogP contribution in [0.2, 0.25) is 0 Å². The molecule has 1 heterocycles. The Hall–Kier alpha value is -3.34. The Morgan fingerprint density at radius 3 is 2.04 bits per heavy atom. The van der Waals surface area contributed by atoms with Crippen molar-refractivity contribution in [3.8, 4) is 22.6 Å². The van der Waals surface area contributed by atoms with Crippen LogP contribution in [0.3, 0.4) is 0 Å². The van der Waals surface area contributed by atoms with Crippen molar-refractivity contribution in [2.45, 2.75) is 0 Å². The number of carbonyl (C=O) groups is 1. The summed E-state index contributed by atoms with van der Waals surface area (Å²) in [7, 11) is 0. The van der Waals surface area contributed by atoms with Crippen molar-refractivity contribution in [3.05, 3.63) is 72.6 Å². The van der Waals surface area contributed by atoms with E-state index in [1.165, 1.54) is 18.5 Å². The van der Waals surface area contributed by atoms with E-state index in [2.05, 4.69) is 10.3 Å². The summed E-state index contributed by atoms with van der Waals surface area (Å²) in [6, 6.07) is 15.4. The number of aromatic nitrogens is 1. The van der Waals surface area contributed by atoms with Crippen molar-refractivity contribution in [1.82, 2.24) is 4.98 Å². The molecule has 0 saturated carbocycles. The lowest BCUT2D eigenvalue weighted by Crippen LogP contribution is -2.11. The lowest BCUT2D eigenvalue weighted by molar-refractivity contribution is 0.102. The molecule has 0 atom stereocenters. The molecule has 5 heteroatoms. The molecule has 2 aromatic carbocycles. The molecule has 0 saturated heterocycles. The number of anilines is 1. The fourth-order valence-corrected chi connectivity index (χ4v) is 2.17. The summed E-state index contributed by atoms with van der Waals surface area (Å²) in [6.45, 7) is 0. The zero-order valence-electron chi connectivity index (χ0n) is 12.1. The van der Waals surface area contributed by atoms with Gasteiger partial charge in [-0.15, -0.1) is 0 Å². The molecule has 1 amide bonds. The lowest BCUT2D eigenvalue weighted by atomic mass is 10.0. The van der Waals surface area contributed by atoms with Crippen molar-refractivity contribution in [2.75, 3.05) is 5.32 Å². The Balaban J connectivity index is 1.76. The molecule has 0 unspecified atom stereocenters. The monoisotopic (exact) mass is 306 g/mol. The van der Waals surface area contributed by atoms with E-state index in [1.807, 2.05) is 24.3 Å². The van der Waals surface area contributed by atoms with E-state index in [-0.39, 0.29) is 17.4 Å². The molecular formula is C18H14N2O3. The molecule has 3 aromatic rings. The van der Waals surface area contributed by atoms with Crippen molar-refractivity contribution in [3.63, 3.8) is 0 Å². The van der Waals surface area contributed by atoms with Crippen LogP contribution in [0.15, 0.2) is 67.0 Å². The molecule has 3 N–H and O–H groups in total. The Morgan fingerprint density at radius 2 is 1.43 bits per heavy atom. The number of hydrogen-bond donors (Lipinski definition) is 3. The molecule has 23 heavy (non-hydrogen) atoms. The predicted octanol–water partition coefficient (Wildman–Crippen LogP) is 3.41. The number of nitrogens with one attached hydrogen (secondary N) is 1. The second-order valence-electron chi connectivity index (χ2n) is 5.01. The summed E-state index contributed by atoms with van der Waals surface area (Å²) in [4.78, 5) is 16.0. The van der Waals surface area contributed by atoms with Gasteiger partial charge in [0.2, 0.25) is 0 Å². The minimum Gasteiger partial charge on any atom is -0.508 e. The van der Waals surface area contributed by atoms with Crippen molar-refractivity contribution in [2.24, 2.45) is 0 Å². The number of phenols is 1. The first-order valence-electron chi connectivity index (χ1n) is 6.97. The Morgan fingerprint density at radius 1 is 0.826 bits per heavy atom. The quantitative estimate of drug-likeness (QED) is 0.692. The number of hydrogen-bond acceptors (Lipinski definition) is 4. The zero-order valence-corrected chi connectivity index (χ0v) is 12.1. The molecule has 0 aliphatic heterocycles. The average Bonchev–Trinajstić information content (AvgIpc) is 2.56. The molecule has 0 fully saturated rings. The second kappa shape index (κ2) is 6.19. The second-order valence-corrected chi connectivity index (χ2v) is 5.01. The minimum atomic E-state index is -0.283. The number of amides is 1. The number of pyridine rings is 1. The predicted molar refractivity (Wildman–Crippen MR) is 87.4 cm³/mol. The molecule has 0 bridgehead atoms. The van der Waals surface area contributed by atoms with E-state index in [9.17, 15) is 15.0 Å². The largest absolute Gasteiger partial charge is 0.508 e. The van der Waals surface area contributed by atoms with Crippen molar-refractivity contribution >= 4 is 11.6 Å². The molecule has 0 aliphatic carbocycles. The molecule has 0 radical (unpaired) electrons. The van der Waals surface area contributed by atoms with Gasteiger partial charge in [-0.3, -0.25) is 9.78 Å². The number of carbonyl (C=O) groups excluding carboxylic acids is 1. The van der Waals surface area contributed by atoms with Crippen molar-refractivity contribution < 1.29 is 15.0 Å². The van der Waals surface area contributed by atoms with Gasteiger partial charge in [0.1, 0.15) is 11.5 Å². The summed E-state index contributed by atoms with van der Waals surface area (Å²) in [6.07, 6.45) is 2.75. The van der Waals surface area contributed by atoms with E-state index >= 15 is 0 Å². The fraction of sp³-hybridized carbons (Fsp3) is 0. The summed E-state index contributed by atoms with van der Waals surface area (Å²) >= 11 is 0. The zero-order chi connectivity index (χ0) is 16.2. The smallest absolute Gasteiger partial charge is 0.255 e. The van der Waals surface area contributed by atoms with Gasteiger partial charge in [-0.1, -0.05) is 24.3 Å². The van der Waals surface area contributed by atoms with Crippen LogP contribution in [0.5, 0.6) is 11.5 Å². The Kier molecular flexibility index (Phi) is 3.93. The molecule has 3 rings (SSSR count). The van der Waals surface area contributed by atoms with E-state index in [1.54, 1.807) is 24.3 Å². The van der Waals surface area contributed by atoms with Gasteiger partial charge in [0, 0.05) is 11.6 Å². The van der Waals surface area contributed by atoms with Crippen LogP contribution in [0.25, 0.3) is 11.1 Å². The van der Waals surface area contributed by atoms with Gasteiger partial charge in [0.25, 0.3) is 5.91 Å². The minimum absolute atomic E-state index is 0.00882. The van der Waals surface area contributed by atoms with Gasteiger partial charge in [0.15, 0.2) is 0 Å². The van der Waals surface area contributed by atoms with Crippen LogP contribution >= 0.6 is 0 Å². The highest BCUT2D eigenvalue weighted by Crippen LogP contribution is 2.22. The van der Waals surface area contributed by atoms with Crippen LogP contribution in [0.4, 0.5) is 5.69 Å². The molecule has 5 nitrogen and oxygen atoms in total. The summed E-state index contributed by atoms with van der Waals surface area (Å²) in [5, 5.41) is 21.3. The molecule has 114 valence electrons. The normalized spacial score (nSPS) is 10.3. The van der Waals surface area contributed by atoms with Gasteiger partial charge in [-0.05, 0) is 35.4 Å². The van der Waals surface area contributed by atoms with Crippen LogP contribution in [0, 0.1) is 0 Å². The SMILES string of the molecule is O=C(Nc1cncc(O)c1)c1ccc(-c2ccc(O)cc2)cc1. The van der Waals surface area contributed by atoms with E-state index in [4.69, 9.17) is 0 Å². The van der Waals surface area contributed by atoms with Crippen LogP contribution in [-0.2, 0) is 0 Å². The average molecular weight is 306 g/mol. The summed E-state index contributed by atoms with van der Waals surface area (Å²) in [5.74, 6) is -0.0791.